The minimum atomic E-state index is 0.215. The fourth-order valence-corrected chi connectivity index (χ4v) is 2.72. The van der Waals surface area contributed by atoms with Gasteiger partial charge in [0, 0.05) is 10.9 Å². The van der Waals surface area contributed by atoms with Gasteiger partial charge in [0.2, 0.25) is 0 Å². The first-order chi connectivity index (χ1) is 10.8. The van der Waals surface area contributed by atoms with E-state index in [4.69, 9.17) is 0 Å². The Morgan fingerprint density at radius 2 is 1.41 bits per heavy atom. The molecule has 106 valence electrons. The van der Waals surface area contributed by atoms with Crippen LogP contribution in [0.2, 0.25) is 0 Å². The summed E-state index contributed by atoms with van der Waals surface area (Å²) in [6, 6.07) is 25.4. The quantitative estimate of drug-likeness (QED) is 0.593. The zero-order valence-corrected chi connectivity index (χ0v) is 11.8. The first-order valence-electron chi connectivity index (χ1n) is 7.16. The average Bonchev–Trinajstić information content (AvgIpc) is 2.95. The largest absolute Gasteiger partial charge is 0.506 e. The molecule has 0 aliphatic carbocycles. The molecule has 0 fully saturated rings. The lowest BCUT2D eigenvalue weighted by atomic mass is 10.1. The third-order valence-corrected chi connectivity index (χ3v) is 3.74. The third kappa shape index (κ3) is 1.95. The van der Waals surface area contributed by atoms with E-state index in [1.165, 1.54) is 0 Å². The van der Waals surface area contributed by atoms with E-state index in [2.05, 4.69) is 23.3 Å². The van der Waals surface area contributed by atoms with Crippen molar-refractivity contribution in [2.75, 3.05) is 0 Å². The van der Waals surface area contributed by atoms with E-state index in [9.17, 15) is 5.11 Å². The van der Waals surface area contributed by atoms with Crippen LogP contribution >= 0.6 is 0 Å². The van der Waals surface area contributed by atoms with Crippen LogP contribution in [0.3, 0.4) is 0 Å². The standard InChI is InChI=1S/C19H14N2O/c22-18-13-7-6-12-17(18)21-19(14-8-2-1-3-9-14)15-10-4-5-11-16(15)20-21/h1-13,22H. The smallest absolute Gasteiger partial charge is 0.141 e. The average molecular weight is 286 g/mol. The van der Waals surface area contributed by atoms with Gasteiger partial charge in [-0.2, -0.15) is 5.10 Å². The molecule has 1 aromatic heterocycles. The summed E-state index contributed by atoms with van der Waals surface area (Å²) in [4.78, 5) is 0. The lowest BCUT2D eigenvalue weighted by molar-refractivity contribution is 0.471. The highest BCUT2D eigenvalue weighted by atomic mass is 16.3. The molecule has 3 aromatic carbocycles. The number of aromatic nitrogens is 2. The molecule has 0 atom stereocenters. The maximum absolute atomic E-state index is 10.2. The summed E-state index contributed by atoms with van der Waals surface area (Å²) in [5.74, 6) is 0.215. The Morgan fingerprint density at radius 3 is 2.23 bits per heavy atom. The van der Waals surface area contributed by atoms with Crippen LogP contribution in [0.4, 0.5) is 0 Å². The SMILES string of the molecule is Oc1ccccc1-n1nc2ccccc2c1-c1ccccc1. The minimum Gasteiger partial charge on any atom is -0.506 e. The molecule has 4 aromatic rings. The molecular formula is C19H14N2O. The van der Waals surface area contributed by atoms with Crippen molar-refractivity contribution in [3.05, 3.63) is 78.9 Å². The number of aromatic hydroxyl groups is 1. The number of benzene rings is 3. The van der Waals surface area contributed by atoms with Crippen molar-refractivity contribution in [2.24, 2.45) is 0 Å². The third-order valence-electron chi connectivity index (χ3n) is 3.74. The van der Waals surface area contributed by atoms with Crippen LogP contribution in [-0.4, -0.2) is 14.9 Å². The van der Waals surface area contributed by atoms with E-state index in [0.29, 0.717) is 5.69 Å². The molecule has 4 rings (SSSR count). The van der Waals surface area contributed by atoms with Crippen molar-refractivity contribution in [1.29, 1.82) is 0 Å². The fraction of sp³-hybridized carbons (Fsp3) is 0. The molecule has 0 saturated heterocycles. The van der Waals surface area contributed by atoms with Gasteiger partial charge in [0.15, 0.2) is 0 Å². The number of hydrogen-bond acceptors (Lipinski definition) is 2. The van der Waals surface area contributed by atoms with Crippen LogP contribution in [0.5, 0.6) is 5.75 Å². The summed E-state index contributed by atoms with van der Waals surface area (Å²) in [6.45, 7) is 0. The molecule has 3 heteroatoms. The summed E-state index contributed by atoms with van der Waals surface area (Å²) >= 11 is 0. The van der Waals surface area contributed by atoms with Gasteiger partial charge < -0.3 is 5.11 Å². The second kappa shape index (κ2) is 5.04. The van der Waals surface area contributed by atoms with Crippen LogP contribution in [0.1, 0.15) is 0 Å². The molecule has 0 radical (unpaired) electrons. The predicted octanol–water partition coefficient (Wildman–Crippen LogP) is 4.40. The second-order valence-electron chi connectivity index (χ2n) is 5.13. The Balaban J connectivity index is 2.09. The Bertz CT molecular complexity index is 942. The molecule has 0 bridgehead atoms. The van der Waals surface area contributed by atoms with Gasteiger partial charge in [0.1, 0.15) is 11.4 Å². The van der Waals surface area contributed by atoms with Crippen molar-refractivity contribution in [3.63, 3.8) is 0 Å². The van der Waals surface area contributed by atoms with Crippen molar-refractivity contribution < 1.29 is 5.11 Å². The van der Waals surface area contributed by atoms with E-state index in [1.807, 2.05) is 59.3 Å². The molecule has 0 aliphatic rings. The second-order valence-corrected chi connectivity index (χ2v) is 5.13. The minimum absolute atomic E-state index is 0.215. The first kappa shape index (κ1) is 12.7. The number of nitrogens with zero attached hydrogens (tertiary/aromatic N) is 2. The zero-order valence-electron chi connectivity index (χ0n) is 11.8. The monoisotopic (exact) mass is 286 g/mol. The zero-order chi connectivity index (χ0) is 14.9. The Kier molecular flexibility index (Phi) is 2.90. The van der Waals surface area contributed by atoms with E-state index < -0.39 is 0 Å². The lowest BCUT2D eigenvalue weighted by Gasteiger charge is -2.09. The normalized spacial score (nSPS) is 10.9. The molecule has 0 unspecified atom stereocenters. The predicted molar refractivity (Wildman–Crippen MR) is 88.2 cm³/mol. The van der Waals surface area contributed by atoms with Crippen LogP contribution in [0.15, 0.2) is 78.9 Å². The molecule has 3 nitrogen and oxygen atoms in total. The van der Waals surface area contributed by atoms with Gasteiger partial charge >= 0.3 is 0 Å². The van der Waals surface area contributed by atoms with Crippen molar-refractivity contribution in [1.82, 2.24) is 9.78 Å². The molecule has 22 heavy (non-hydrogen) atoms. The number of para-hydroxylation sites is 2. The Labute approximate surface area is 128 Å². The van der Waals surface area contributed by atoms with Crippen LogP contribution in [0.25, 0.3) is 27.8 Å². The summed E-state index contributed by atoms with van der Waals surface area (Å²) in [5.41, 5.74) is 3.64. The number of phenols is 1. The van der Waals surface area contributed by atoms with E-state index >= 15 is 0 Å². The molecule has 0 aliphatic heterocycles. The number of rotatable bonds is 2. The van der Waals surface area contributed by atoms with Crippen molar-refractivity contribution >= 4 is 10.9 Å². The molecule has 0 saturated carbocycles. The molecule has 0 spiro atoms. The number of phenolic OH excluding ortho intramolecular Hbond substituents is 1. The summed E-state index contributed by atoms with van der Waals surface area (Å²) in [5, 5.41) is 15.9. The summed E-state index contributed by atoms with van der Waals surface area (Å²) in [7, 11) is 0. The molecule has 1 heterocycles. The van der Waals surface area contributed by atoms with E-state index in [0.717, 1.165) is 22.2 Å². The molecule has 0 amide bonds. The van der Waals surface area contributed by atoms with E-state index in [1.54, 1.807) is 6.07 Å². The van der Waals surface area contributed by atoms with Gasteiger partial charge in [-0.3, -0.25) is 0 Å². The maximum Gasteiger partial charge on any atom is 0.141 e. The van der Waals surface area contributed by atoms with Gasteiger partial charge in [-0.1, -0.05) is 60.7 Å². The highest BCUT2D eigenvalue weighted by Gasteiger charge is 2.15. The summed E-state index contributed by atoms with van der Waals surface area (Å²) < 4.78 is 1.81. The van der Waals surface area contributed by atoms with Crippen molar-refractivity contribution in [2.45, 2.75) is 0 Å². The fourth-order valence-electron chi connectivity index (χ4n) is 2.72. The van der Waals surface area contributed by atoms with Gasteiger partial charge in [-0.25, -0.2) is 4.68 Å². The Morgan fingerprint density at radius 1 is 0.727 bits per heavy atom. The van der Waals surface area contributed by atoms with Crippen LogP contribution < -0.4 is 0 Å². The maximum atomic E-state index is 10.2. The summed E-state index contributed by atoms with van der Waals surface area (Å²) in [6.07, 6.45) is 0. The van der Waals surface area contributed by atoms with Crippen molar-refractivity contribution in [3.8, 4) is 22.7 Å². The van der Waals surface area contributed by atoms with Gasteiger partial charge in [-0.05, 0) is 18.2 Å². The van der Waals surface area contributed by atoms with Crippen LogP contribution in [0, 0.1) is 0 Å². The van der Waals surface area contributed by atoms with Gasteiger partial charge in [0.25, 0.3) is 0 Å². The Hall–Kier alpha value is -3.07. The highest BCUT2D eigenvalue weighted by Crippen LogP contribution is 2.33. The number of fused-ring (bicyclic) bond motifs is 1. The topological polar surface area (TPSA) is 38.0 Å². The number of hydrogen-bond donors (Lipinski definition) is 1. The lowest BCUT2D eigenvalue weighted by Crippen LogP contribution is -1.99. The van der Waals surface area contributed by atoms with Crippen LogP contribution in [-0.2, 0) is 0 Å². The van der Waals surface area contributed by atoms with Gasteiger partial charge in [0.05, 0.1) is 11.2 Å². The highest BCUT2D eigenvalue weighted by molar-refractivity contribution is 5.94. The van der Waals surface area contributed by atoms with Gasteiger partial charge in [-0.15, -0.1) is 0 Å². The molecule has 1 N–H and O–H groups in total. The van der Waals surface area contributed by atoms with E-state index in [-0.39, 0.29) is 5.75 Å². The first-order valence-corrected chi connectivity index (χ1v) is 7.16. The molecular weight excluding hydrogens is 272 g/mol.